The summed E-state index contributed by atoms with van der Waals surface area (Å²) < 4.78 is 37.1. The first kappa shape index (κ1) is 17.4. The van der Waals surface area contributed by atoms with E-state index in [1.54, 1.807) is 0 Å². The lowest BCUT2D eigenvalue weighted by atomic mass is 10.2. The van der Waals surface area contributed by atoms with Crippen LogP contribution in [0.4, 0.5) is 18.9 Å². The monoisotopic (exact) mass is 306 g/mol. The summed E-state index contributed by atoms with van der Waals surface area (Å²) in [6.45, 7) is 0.0608. The molecule has 0 aliphatic carbocycles. The quantitative estimate of drug-likeness (QED) is 0.701. The first-order valence-electron chi connectivity index (χ1n) is 6.28. The maximum Gasteiger partial charge on any atom is 0.416 e. The number of hydrogen-bond acceptors (Lipinski definition) is 4. The lowest BCUT2D eigenvalue weighted by molar-refractivity contribution is -0.137. The van der Waals surface area contributed by atoms with Crippen molar-refractivity contribution >= 4 is 11.6 Å². The summed E-state index contributed by atoms with van der Waals surface area (Å²) in [5.41, 5.74) is -0.538. The van der Waals surface area contributed by atoms with Crippen molar-refractivity contribution in [3.05, 3.63) is 29.8 Å². The maximum atomic E-state index is 12.4. The molecule has 0 atom stereocenters. The number of aliphatic hydroxyl groups excluding tert-OH is 2. The Bertz CT molecular complexity index is 443. The molecule has 0 bridgehead atoms. The van der Waals surface area contributed by atoms with E-state index in [4.69, 9.17) is 10.2 Å². The van der Waals surface area contributed by atoms with Crippen molar-refractivity contribution in [3.63, 3.8) is 0 Å². The summed E-state index contributed by atoms with van der Waals surface area (Å²) in [7, 11) is 0. The molecule has 0 aromatic heterocycles. The van der Waals surface area contributed by atoms with Crippen LogP contribution in [0.2, 0.25) is 0 Å². The topological polar surface area (TPSA) is 72.8 Å². The number of anilines is 1. The SMILES string of the molecule is O=C(CN(CCO)CCO)Nc1ccc(C(F)(F)F)cc1. The first-order chi connectivity index (χ1) is 9.86. The van der Waals surface area contributed by atoms with Crippen LogP contribution in [0.5, 0.6) is 0 Å². The number of alkyl halides is 3. The summed E-state index contributed by atoms with van der Waals surface area (Å²) in [6, 6.07) is 4.11. The van der Waals surface area contributed by atoms with Gasteiger partial charge in [-0.05, 0) is 24.3 Å². The number of carbonyl (C=O) groups is 1. The van der Waals surface area contributed by atoms with Crippen LogP contribution < -0.4 is 5.32 Å². The highest BCUT2D eigenvalue weighted by Crippen LogP contribution is 2.29. The molecule has 21 heavy (non-hydrogen) atoms. The Kier molecular flexibility index (Phi) is 6.60. The van der Waals surface area contributed by atoms with E-state index in [-0.39, 0.29) is 38.5 Å². The molecule has 1 aromatic rings. The van der Waals surface area contributed by atoms with E-state index in [0.717, 1.165) is 12.1 Å². The number of benzene rings is 1. The number of aliphatic hydroxyl groups is 2. The number of nitrogens with zero attached hydrogens (tertiary/aromatic N) is 1. The van der Waals surface area contributed by atoms with Crippen LogP contribution >= 0.6 is 0 Å². The van der Waals surface area contributed by atoms with Gasteiger partial charge in [-0.1, -0.05) is 0 Å². The minimum atomic E-state index is -4.42. The van der Waals surface area contributed by atoms with Crippen molar-refractivity contribution in [1.29, 1.82) is 0 Å². The molecule has 0 saturated carbocycles. The molecule has 8 heteroatoms. The van der Waals surface area contributed by atoms with Gasteiger partial charge in [0, 0.05) is 18.8 Å². The summed E-state index contributed by atoms with van der Waals surface area (Å²) in [6.07, 6.45) is -4.42. The van der Waals surface area contributed by atoms with Crippen LogP contribution in [0.3, 0.4) is 0 Å². The molecule has 0 fully saturated rings. The van der Waals surface area contributed by atoms with Gasteiger partial charge >= 0.3 is 6.18 Å². The molecule has 5 nitrogen and oxygen atoms in total. The van der Waals surface area contributed by atoms with Crippen molar-refractivity contribution in [1.82, 2.24) is 4.90 Å². The number of nitrogens with one attached hydrogen (secondary N) is 1. The molecule has 1 rings (SSSR count). The molecule has 1 amide bonds. The van der Waals surface area contributed by atoms with Gasteiger partial charge in [0.15, 0.2) is 0 Å². The normalized spacial score (nSPS) is 11.7. The Morgan fingerprint density at radius 2 is 1.62 bits per heavy atom. The molecule has 3 N–H and O–H groups in total. The highest BCUT2D eigenvalue weighted by atomic mass is 19.4. The zero-order chi connectivity index (χ0) is 15.9. The average Bonchev–Trinajstić information content (AvgIpc) is 2.38. The first-order valence-corrected chi connectivity index (χ1v) is 6.28. The molecular formula is C13H17F3N2O3. The van der Waals surface area contributed by atoms with Crippen molar-refractivity contribution in [2.75, 3.05) is 38.2 Å². The van der Waals surface area contributed by atoms with Crippen LogP contribution in [0.15, 0.2) is 24.3 Å². The van der Waals surface area contributed by atoms with Gasteiger partial charge in [-0.2, -0.15) is 13.2 Å². The van der Waals surface area contributed by atoms with Gasteiger partial charge in [-0.3, -0.25) is 9.69 Å². The average molecular weight is 306 g/mol. The van der Waals surface area contributed by atoms with Gasteiger partial charge in [0.25, 0.3) is 0 Å². The van der Waals surface area contributed by atoms with Gasteiger partial charge in [0.05, 0.1) is 25.3 Å². The maximum absolute atomic E-state index is 12.4. The Morgan fingerprint density at radius 3 is 2.05 bits per heavy atom. The van der Waals surface area contributed by atoms with Crippen LogP contribution in [-0.4, -0.2) is 53.9 Å². The molecule has 118 valence electrons. The zero-order valence-electron chi connectivity index (χ0n) is 11.2. The zero-order valence-corrected chi connectivity index (χ0v) is 11.2. The molecule has 1 aromatic carbocycles. The Hall–Kier alpha value is -1.64. The summed E-state index contributed by atoms with van der Waals surface area (Å²) >= 11 is 0. The fraction of sp³-hybridized carbons (Fsp3) is 0.462. The lowest BCUT2D eigenvalue weighted by Gasteiger charge is -2.19. The van der Waals surface area contributed by atoms with E-state index in [1.165, 1.54) is 17.0 Å². The van der Waals surface area contributed by atoms with Crippen molar-refractivity contribution in [3.8, 4) is 0 Å². The fourth-order valence-electron chi connectivity index (χ4n) is 1.70. The van der Waals surface area contributed by atoms with Gasteiger partial charge < -0.3 is 15.5 Å². The van der Waals surface area contributed by atoms with E-state index in [2.05, 4.69) is 5.32 Å². The molecule has 0 unspecified atom stereocenters. The molecular weight excluding hydrogens is 289 g/mol. The van der Waals surface area contributed by atoms with Crippen molar-refractivity contribution in [2.45, 2.75) is 6.18 Å². The number of carbonyl (C=O) groups excluding carboxylic acids is 1. The summed E-state index contributed by atoms with van der Waals surface area (Å²) in [4.78, 5) is 13.2. The highest BCUT2D eigenvalue weighted by Gasteiger charge is 2.29. The van der Waals surface area contributed by atoms with E-state index in [1.807, 2.05) is 0 Å². The van der Waals surface area contributed by atoms with Crippen LogP contribution in [0.25, 0.3) is 0 Å². The third-order valence-electron chi connectivity index (χ3n) is 2.70. The third-order valence-corrected chi connectivity index (χ3v) is 2.70. The Labute approximate surface area is 120 Å². The van der Waals surface area contributed by atoms with E-state index >= 15 is 0 Å². The minimum Gasteiger partial charge on any atom is -0.395 e. The van der Waals surface area contributed by atoms with Crippen molar-refractivity contribution in [2.24, 2.45) is 0 Å². The highest BCUT2D eigenvalue weighted by molar-refractivity contribution is 5.92. The molecule has 0 aliphatic heterocycles. The molecule has 0 radical (unpaired) electrons. The van der Waals surface area contributed by atoms with Gasteiger partial charge in [-0.25, -0.2) is 0 Å². The van der Waals surface area contributed by atoms with Gasteiger partial charge in [0.1, 0.15) is 0 Å². The fourth-order valence-corrected chi connectivity index (χ4v) is 1.70. The predicted molar refractivity (Wildman–Crippen MR) is 70.7 cm³/mol. The number of halogens is 3. The minimum absolute atomic E-state index is 0.0673. The van der Waals surface area contributed by atoms with E-state index in [9.17, 15) is 18.0 Å². The predicted octanol–water partition coefficient (Wildman–Crippen LogP) is 0.931. The smallest absolute Gasteiger partial charge is 0.395 e. The van der Waals surface area contributed by atoms with Gasteiger partial charge in [0.2, 0.25) is 5.91 Å². The van der Waals surface area contributed by atoms with E-state index in [0.29, 0.717) is 0 Å². The molecule has 0 heterocycles. The van der Waals surface area contributed by atoms with Crippen LogP contribution in [0, 0.1) is 0 Å². The van der Waals surface area contributed by atoms with Crippen molar-refractivity contribution < 1.29 is 28.2 Å². The standard InChI is InChI=1S/C13H17F3N2O3/c14-13(15,16)10-1-3-11(4-2-10)17-12(21)9-18(5-7-19)6-8-20/h1-4,19-20H,5-9H2,(H,17,21). The third kappa shape index (κ3) is 6.11. The second kappa shape index (κ2) is 7.96. The second-order valence-electron chi connectivity index (χ2n) is 4.35. The Morgan fingerprint density at radius 1 is 1.10 bits per heavy atom. The summed E-state index contributed by atoms with van der Waals surface area (Å²) in [5, 5.41) is 20.1. The van der Waals surface area contributed by atoms with Crippen LogP contribution in [0.1, 0.15) is 5.56 Å². The number of hydrogen-bond donors (Lipinski definition) is 3. The number of rotatable bonds is 7. The summed E-state index contributed by atoms with van der Waals surface area (Å²) in [5.74, 6) is -0.434. The van der Waals surface area contributed by atoms with Gasteiger partial charge in [-0.15, -0.1) is 0 Å². The largest absolute Gasteiger partial charge is 0.416 e. The Balaban J connectivity index is 2.58. The number of amides is 1. The second-order valence-corrected chi connectivity index (χ2v) is 4.35. The molecule has 0 saturated heterocycles. The lowest BCUT2D eigenvalue weighted by Crippen LogP contribution is -2.37. The molecule has 0 aliphatic rings. The van der Waals surface area contributed by atoms with Crippen LogP contribution in [-0.2, 0) is 11.0 Å². The molecule has 0 spiro atoms. The van der Waals surface area contributed by atoms with E-state index < -0.39 is 17.6 Å².